The highest BCUT2D eigenvalue weighted by molar-refractivity contribution is 7.59. The van der Waals surface area contributed by atoms with Crippen LogP contribution in [-0.2, 0) is 27.2 Å². The molecule has 0 aromatic rings. The number of hydrogen-bond donors (Lipinski definition) is 0. The van der Waals surface area contributed by atoms with E-state index < -0.39 is 20.5 Å². The first-order valence-corrected chi connectivity index (χ1v) is 10.0. The quantitative estimate of drug-likeness (QED) is 0.630. The number of rotatable bonds is 8. The smallest absolute Gasteiger partial charge is 0.309 e. The van der Waals surface area contributed by atoms with Crippen molar-refractivity contribution in [1.29, 1.82) is 0 Å². The van der Waals surface area contributed by atoms with Gasteiger partial charge in [0.1, 0.15) is 0 Å². The maximum atomic E-state index is 12.9. The summed E-state index contributed by atoms with van der Waals surface area (Å²) in [6.45, 7) is 7.86. The van der Waals surface area contributed by atoms with Gasteiger partial charge in [0.25, 0.3) is 0 Å². The van der Waals surface area contributed by atoms with Crippen LogP contribution < -0.4 is 0 Å². The van der Waals surface area contributed by atoms with Gasteiger partial charge in [0.2, 0.25) is 0 Å². The monoisotopic (exact) mass is 314 g/mol. The lowest BCUT2D eigenvalue weighted by atomic mass is 10.2. The maximum absolute atomic E-state index is 12.9. The molecule has 1 saturated heterocycles. The molecule has 0 aromatic carbocycles. The average molecular weight is 314 g/mol. The fraction of sp³-hybridized carbons (Fsp3) is 1.00. The third-order valence-electron chi connectivity index (χ3n) is 3.06. The van der Waals surface area contributed by atoms with Gasteiger partial charge in [0.05, 0.1) is 26.0 Å². The lowest BCUT2D eigenvalue weighted by Crippen LogP contribution is -2.29. The molecule has 0 radical (unpaired) electrons. The second-order valence-corrected chi connectivity index (χ2v) is 8.66. The topological polar surface area (TPSA) is 71.1 Å². The highest BCUT2D eigenvalue weighted by Gasteiger charge is 2.59. The first-order valence-electron chi connectivity index (χ1n) is 6.74. The molecule has 0 aromatic heterocycles. The third kappa shape index (κ3) is 3.49. The molecule has 1 fully saturated rings. The first-order chi connectivity index (χ1) is 8.91. The normalized spacial score (nSPS) is 31.8. The zero-order valence-electron chi connectivity index (χ0n) is 12.1. The Labute approximate surface area is 115 Å². The fourth-order valence-corrected chi connectivity index (χ4v) is 7.17. The van der Waals surface area contributed by atoms with Gasteiger partial charge in [-0.25, -0.2) is 0 Å². The Kier molecular flexibility index (Phi) is 6.25. The summed E-state index contributed by atoms with van der Waals surface area (Å²) < 4.78 is 46.8. The Morgan fingerprint density at radius 3 is 2.16 bits per heavy atom. The Hall–Kier alpha value is 0.300. The van der Waals surface area contributed by atoms with Crippen molar-refractivity contribution in [2.75, 3.05) is 26.0 Å². The summed E-state index contributed by atoms with van der Waals surface area (Å²) in [6, 6.07) is 0. The van der Waals surface area contributed by atoms with Gasteiger partial charge in [-0.2, -0.15) is 0 Å². The summed E-state index contributed by atoms with van der Waals surface area (Å²) >= 11 is 0. The second-order valence-electron chi connectivity index (χ2n) is 4.23. The molecule has 8 heteroatoms. The van der Waals surface area contributed by atoms with Gasteiger partial charge in [0, 0.05) is 0 Å². The molecular weight excluding hydrogens is 290 g/mol. The summed E-state index contributed by atoms with van der Waals surface area (Å²) in [7, 11) is -6.66. The van der Waals surface area contributed by atoms with Crippen LogP contribution in [0.3, 0.4) is 0 Å². The Bertz CT molecular complexity index is 375. The van der Waals surface area contributed by atoms with E-state index in [1.54, 1.807) is 20.8 Å². The van der Waals surface area contributed by atoms with E-state index in [2.05, 4.69) is 0 Å². The highest BCUT2D eigenvalue weighted by Crippen LogP contribution is 2.73. The largest absolute Gasteiger partial charge is 0.362 e. The van der Waals surface area contributed by atoms with Crippen molar-refractivity contribution in [2.45, 2.75) is 45.9 Å². The molecule has 2 unspecified atom stereocenters. The van der Waals surface area contributed by atoms with Gasteiger partial charge in [-0.3, -0.25) is 13.7 Å². The predicted octanol–water partition coefficient (Wildman–Crippen LogP) is 4.01. The van der Waals surface area contributed by atoms with E-state index in [0.29, 0.717) is 19.4 Å². The van der Waals surface area contributed by atoms with Crippen LogP contribution >= 0.6 is 15.2 Å². The van der Waals surface area contributed by atoms with Gasteiger partial charge < -0.3 is 13.6 Å². The van der Waals surface area contributed by atoms with Crippen LogP contribution in [0.15, 0.2) is 0 Å². The summed E-state index contributed by atoms with van der Waals surface area (Å²) in [5, 5.41) is -1.15. The van der Waals surface area contributed by atoms with Gasteiger partial charge >= 0.3 is 15.2 Å². The standard InChI is InChI=1S/C11H24O6P2/c1-5-11(19(13,15-7-3)16-8-4)9-10-18(12,17-11)14-6-2/h5-10H2,1-4H3. The van der Waals surface area contributed by atoms with E-state index in [1.165, 1.54) is 0 Å². The molecule has 114 valence electrons. The van der Waals surface area contributed by atoms with Crippen LogP contribution in [0.1, 0.15) is 40.5 Å². The SMILES string of the molecule is CCOP1(=O)CCC(CC)(P(=O)(OCC)OCC)O1. The molecule has 1 aliphatic rings. The van der Waals surface area contributed by atoms with Crippen molar-refractivity contribution in [3.8, 4) is 0 Å². The highest BCUT2D eigenvalue weighted by atomic mass is 31.2. The Morgan fingerprint density at radius 1 is 1.16 bits per heavy atom. The maximum Gasteiger partial charge on any atom is 0.362 e. The van der Waals surface area contributed by atoms with Crippen molar-refractivity contribution in [3.63, 3.8) is 0 Å². The molecule has 1 rings (SSSR count). The fourth-order valence-electron chi connectivity index (χ4n) is 2.18. The molecule has 2 atom stereocenters. The molecule has 0 aliphatic carbocycles. The molecule has 0 N–H and O–H groups in total. The summed E-state index contributed by atoms with van der Waals surface area (Å²) in [5.74, 6) is 0. The van der Waals surface area contributed by atoms with Crippen LogP contribution in [-0.4, -0.2) is 31.3 Å². The molecule has 6 nitrogen and oxygen atoms in total. The first kappa shape index (κ1) is 17.4. The molecule has 0 amide bonds. The minimum atomic E-state index is -3.48. The van der Waals surface area contributed by atoms with Crippen molar-refractivity contribution in [2.24, 2.45) is 0 Å². The Balaban J connectivity index is 3.04. The lowest BCUT2D eigenvalue weighted by Gasteiger charge is -2.33. The average Bonchev–Trinajstić information content (AvgIpc) is 2.70. The van der Waals surface area contributed by atoms with E-state index in [4.69, 9.17) is 18.1 Å². The predicted molar refractivity (Wildman–Crippen MR) is 73.7 cm³/mol. The summed E-state index contributed by atoms with van der Waals surface area (Å²) in [5.41, 5.74) is 0. The van der Waals surface area contributed by atoms with Crippen LogP contribution in [0.5, 0.6) is 0 Å². The van der Waals surface area contributed by atoms with Crippen molar-refractivity contribution >= 4 is 15.2 Å². The summed E-state index contributed by atoms with van der Waals surface area (Å²) in [4.78, 5) is 0. The second kappa shape index (κ2) is 6.84. The van der Waals surface area contributed by atoms with E-state index >= 15 is 0 Å². The molecule has 0 spiro atoms. The molecule has 1 heterocycles. The Morgan fingerprint density at radius 2 is 1.74 bits per heavy atom. The minimum Gasteiger partial charge on any atom is -0.309 e. The summed E-state index contributed by atoms with van der Waals surface area (Å²) in [6.07, 6.45) is 1.01. The van der Waals surface area contributed by atoms with Crippen molar-refractivity contribution in [3.05, 3.63) is 0 Å². The zero-order valence-corrected chi connectivity index (χ0v) is 13.9. The minimum absolute atomic E-state index is 0.249. The van der Waals surface area contributed by atoms with Crippen molar-refractivity contribution < 1.29 is 27.2 Å². The molecule has 19 heavy (non-hydrogen) atoms. The van der Waals surface area contributed by atoms with E-state index in [1.807, 2.05) is 6.92 Å². The van der Waals surface area contributed by atoms with Gasteiger partial charge in [-0.1, -0.05) is 6.92 Å². The lowest BCUT2D eigenvalue weighted by molar-refractivity contribution is 0.0861. The van der Waals surface area contributed by atoms with E-state index in [9.17, 15) is 9.13 Å². The van der Waals surface area contributed by atoms with Crippen LogP contribution in [0.4, 0.5) is 0 Å². The van der Waals surface area contributed by atoms with Crippen molar-refractivity contribution in [1.82, 2.24) is 0 Å². The molecule has 0 bridgehead atoms. The van der Waals surface area contributed by atoms with E-state index in [-0.39, 0.29) is 19.4 Å². The zero-order chi connectivity index (χ0) is 14.6. The van der Waals surface area contributed by atoms with Crippen LogP contribution in [0.25, 0.3) is 0 Å². The molecule has 1 aliphatic heterocycles. The third-order valence-corrected chi connectivity index (χ3v) is 8.08. The number of hydrogen-bond acceptors (Lipinski definition) is 6. The molecule has 0 saturated carbocycles. The van der Waals surface area contributed by atoms with Crippen LogP contribution in [0.2, 0.25) is 0 Å². The van der Waals surface area contributed by atoms with Gasteiger partial charge in [-0.05, 0) is 33.6 Å². The van der Waals surface area contributed by atoms with Gasteiger partial charge in [0.15, 0.2) is 5.34 Å². The van der Waals surface area contributed by atoms with Crippen LogP contribution in [0, 0.1) is 0 Å². The molecular formula is C11H24O6P2. The van der Waals surface area contributed by atoms with Gasteiger partial charge in [-0.15, -0.1) is 0 Å². The van der Waals surface area contributed by atoms with E-state index in [0.717, 1.165) is 0 Å².